The Morgan fingerprint density at radius 1 is 1.28 bits per heavy atom. The van der Waals surface area contributed by atoms with Gasteiger partial charge in [0.05, 0.1) is 0 Å². The van der Waals surface area contributed by atoms with Crippen molar-refractivity contribution in [3.05, 3.63) is 35.4 Å². The summed E-state index contributed by atoms with van der Waals surface area (Å²) in [4.78, 5) is 0. The van der Waals surface area contributed by atoms with Crippen LogP contribution in [0, 0.1) is 0 Å². The molecule has 0 spiro atoms. The Kier molecular flexibility index (Phi) is 6.22. The van der Waals surface area contributed by atoms with E-state index >= 15 is 0 Å². The van der Waals surface area contributed by atoms with E-state index in [-0.39, 0.29) is 11.9 Å². The van der Waals surface area contributed by atoms with Gasteiger partial charge in [0.2, 0.25) is 0 Å². The second kappa shape index (κ2) is 7.71. The van der Waals surface area contributed by atoms with E-state index in [0.717, 1.165) is 19.4 Å². The Hall–Kier alpha value is -1.55. The third kappa shape index (κ3) is 4.75. The van der Waals surface area contributed by atoms with Crippen molar-refractivity contribution in [1.82, 2.24) is 5.32 Å². The summed E-state index contributed by atoms with van der Waals surface area (Å²) in [6.07, 6.45) is 2.58. The van der Waals surface area contributed by atoms with Crippen LogP contribution in [0.3, 0.4) is 0 Å². The van der Waals surface area contributed by atoms with E-state index in [4.69, 9.17) is 10.9 Å². The quantitative estimate of drug-likeness (QED) is 0.300. The minimum Gasteiger partial charge on any atom is -0.409 e. The number of aryl methyl sites for hydroxylation is 1. The zero-order chi connectivity index (χ0) is 13.4. The lowest BCUT2D eigenvalue weighted by Gasteiger charge is -2.16. The molecule has 0 aliphatic heterocycles. The first kappa shape index (κ1) is 14.5. The number of hydrogen-bond donors (Lipinski definition) is 3. The van der Waals surface area contributed by atoms with Crippen molar-refractivity contribution >= 4 is 5.84 Å². The van der Waals surface area contributed by atoms with Crippen LogP contribution in [0.1, 0.15) is 37.8 Å². The fraction of sp³-hybridized carbons (Fsp3) is 0.500. The molecule has 18 heavy (non-hydrogen) atoms. The molecule has 0 aliphatic carbocycles. The molecule has 0 saturated heterocycles. The van der Waals surface area contributed by atoms with Crippen molar-refractivity contribution in [3.63, 3.8) is 0 Å². The maximum absolute atomic E-state index is 8.56. The molecular formula is C14H23N3O. The molecule has 1 rings (SSSR count). The van der Waals surface area contributed by atoms with Gasteiger partial charge in [0.25, 0.3) is 0 Å². The van der Waals surface area contributed by atoms with Gasteiger partial charge in [0.15, 0.2) is 0 Å². The summed E-state index contributed by atoms with van der Waals surface area (Å²) in [7, 11) is 0. The third-order valence-corrected chi connectivity index (χ3v) is 3.10. The first-order chi connectivity index (χ1) is 8.69. The Balaban J connectivity index is 2.46. The SMILES string of the molecule is CCc1ccc(CNC(CC)C/C(N)=N/O)cc1. The maximum atomic E-state index is 8.56. The van der Waals surface area contributed by atoms with Gasteiger partial charge in [-0.25, -0.2) is 0 Å². The number of nitrogens with two attached hydrogens (primary N) is 1. The summed E-state index contributed by atoms with van der Waals surface area (Å²) in [5, 5.41) is 15.0. The van der Waals surface area contributed by atoms with Crippen LogP contribution in [-0.2, 0) is 13.0 Å². The van der Waals surface area contributed by atoms with Crippen molar-refractivity contribution in [2.75, 3.05) is 0 Å². The highest BCUT2D eigenvalue weighted by Gasteiger charge is 2.08. The number of nitrogens with zero attached hydrogens (tertiary/aromatic N) is 1. The van der Waals surface area contributed by atoms with Gasteiger partial charge in [-0.05, 0) is 24.0 Å². The van der Waals surface area contributed by atoms with Gasteiger partial charge < -0.3 is 16.3 Å². The normalized spacial score (nSPS) is 13.6. The Morgan fingerprint density at radius 3 is 2.39 bits per heavy atom. The molecule has 1 aromatic rings. The molecule has 0 aliphatic rings. The smallest absolute Gasteiger partial charge is 0.140 e. The maximum Gasteiger partial charge on any atom is 0.140 e. The first-order valence-electron chi connectivity index (χ1n) is 6.47. The molecule has 100 valence electrons. The van der Waals surface area contributed by atoms with E-state index in [1.165, 1.54) is 11.1 Å². The Bertz CT molecular complexity index is 373. The summed E-state index contributed by atoms with van der Waals surface area (Å²) in [5.41, 5.74) is 8.12. The van der Waals surface area contributed by atoms with Crippen LogP contribution in [0.4, 0.5) is 0 Å². The third-order valence-electron chi connectivity index (χ3n) is 3.10. The van der Waals surface area contributed by atoms with E-state index in [9.17, 15) is 0 Å². The predicted octanol–water partition coefficient (Wildman–Crippen LogP) is 2.25. The zero-order valence-electron chi connectivity index (χ0n) is 11.2. The van der Waals surface area contributed by atoms with Crippen molar-refractivity contribution < 1.29 is 5.21 Å². The molecule has 1 aromatic carbocycles. The van der Waals surface area contributed by atoms with Crippen LogP contribution in [0.15, 0.2) is 29.4 Å². The van der Waals surface area contributed by atoms with Crippen LogP contribution in [0.5, 0.6) is 0 Å². The second-order valence-corrected chi connectivity index (χ2v) is 4.45. The average molecular weight is 249 g/mol. The first-order valence-corrected chi connectivity index (χ1v) is 6.47. The van der Waals surface area contributed by atoms with Crippen LogP contribution in [0.2, 0.25) is 0 Å². The predicted molar refractivity (Wildman–Crippen MR) is 74.8 cm³/mol. The molecule has 0 heterocycles. The van der Waals surface area contributed by atoms with Crippen molar-refractivity contribution in [2.24, 2.45) is 10.9 Å². The van der Waals surface area contributed by atoms with Gasteiger partial charge >= 0.3 is 0 Å². The molecule has 0 fully saturated rings. The minimum absolute atomic E-state index is 0.242. The second-order valence-electron chi connectivity index (χ2n) is 4.45. The molecule has 4 nitrogen and oxygen atoms in total. The van der Waals surface area contributed by atoms with E-state index < -0.39 is 0 Å². The molecule has 0 aromatic heterocycles. The van der Waals surface area contributed by atoms with E-state index in [1.807, 2.05) is 0 Å². The summed E-state index contributed by atoms with van der Waals surface area (Å²) in [5.74, 6) is 0.274. The van der Waals surface area contributed by atoms with Crippen molar-refractivity contribution in [1.29, 1.82) is 0 Å². The fourth-order valence-electron chi connectivity index (χ4n) is 1.81. The van der Waals surface area contributed by atoms with E-state index in [0.29, 0.717) is 6.42 Å². The minimum atomic E-state index is 0.242. The van der Waals surface area contributed by atoms with Gasteiger partial charge in [-0.1, -0.05) is 43.3 Å². The lowest BCUT2D eigenvalue weighted by atomic mass is 10.1. The highest BCUT2D eigenvalue weighted by molar-refractivity contribution is 5.80. The summed E-state index contributed by atoms with van der Waals surface area (Å²) < 4.78 is 0. The lowest BCUT2D eigenvalue weighted by Crippen LogP contribution is -2.32. The van der Waals surface area contributed by atoms with E-state index in [2.05, 4.69) is 48.6 Å². The highest BCUT2D eigenvalue weighted by atomic mass is 16.4. The van der Waals surface area contributed by atoms with Crippen LogP contribution >= 0.6 is 0 Å². The monoisotopic (exact) mass is 249 g/mol. The van der Waals surface area contributed by atoms with Gasteiger partial charge in [0, 0.05) is 19.0 Å². The van der Waals surface area contributed by atoms with Crippen molar-refractivity contribution in [3.8, 4) is 0 Å². The molecule has 0 bridgehead atoms. The number of benzene rings is 1. The van der Waals surface area contributed by atoms with Crippen LogP contribution in [0.25, 0.3) is 0 Å². The molecule has 0 saturated carbocycles. The highest BCUT2D eigenvalue weighted by Crippen LogP contribution is 2.06. The standard InChI is InChI=1S/C14H23N3O/c1-3-11-5-7-12(8-6-11)10-16-13(4-2)9-14(15)17-18/h5-8,13,16,18H,3-4,9-10H2,1-2H3,(H2,15,17). The van der Waals surface area contributed by atoms with Gasteiger partial charge in [-0.3, -0.25) is 0 Å². The molecule has 4 heteroatoms. The van der Waals surface area contributed by atoms with Gasteiger partial charge in [0.1, 0.15) is 5.84 Å². The number of rotatable bonds is 7. The topological polar surface area (TPSA) is 70.6 Å². The number of hydrogen-bond acceptors (Lipinski definition) is 3. The molecule has 0 amide bonds. The zero-order valence-corrected chi connectivity index (χ0v) is 11.2. The molecule has 0 radical (unpaired) electrons. The summed E-state index contributed by atoms with van der Waals surface area (Å²) >= 11 is 0. The number of oxime groups is 1. The van der Waals surface area contributed by atoms with Crippen molar-refractivity contribution in [2.45, 2.75) is 45.7 Å². The molecular weight excluding hydrogens is 226 g/mol. The summed E-state index contributed by atoms with van der Waals surface area (Å²) in [6, 6.07) is 8.83. The number of nitrogens with one attached hydrogen (secondary N) is 1. The Morgan fingerprint density at radius 2 is 1.89 bits per heavy atom. The fourth-order valence-corrected chi connectivity index (χ4v) is 1.81. The van der Waals surface area contributed by atoms with E-state index in [1.54, 1.807) is 0 Å². The molecule has 4 N–H and O–H groups in total. The number of amidine groups is 1. The lowest BCUT2D eigenvalue weighted by molar-refractivity contribution is 0.315. The van der Waals surface area contributed by atoms with Gasteiger partial charge in [-0.15, -0.1) is 0 Å². The van der Waals surface area contributed by atoms with Crippen LogP contribution in [-0.4, -0.2) is 17.1 Å². The molecule has 1 atom stereocenters. The Labute approximate surface area is 109 Å². The summed E-state index contributed by atoms with van der Waals surface area (Å²) in [6.45, 7) is 5.04. The van der Waals surface area contributed by atoms with Gasteiger partial charge in [-0.2, -0.15) is 0 Å². The van der Waals surface area contributed by atoms with Crippen LogP contribution < -0.4 is 11.1 Å². The largest absolute Gasteiger partial charge is 0.409 e. The average Bonchev–Trinajstić information content (AvgIpc) is 2.43. The molecule has 1 unspecified atom stereocenters.